The Kier molecular flexibility index (Phi) is 5.98. The second-order valence-electron chi connectivity index (χ2n) is 5.49. The number of aromatic nitrogens is 2. The summed E-state index contributed by atoms with van der Waals surface area (Å²) >= 11 is 6.13. The van der Waals surface area contributed by atoms with Crippen molar-refractivity contribution < 1.29 is 19.8 Å². The minimum atomic E-state index is -1.02. The number of nitrogens with zero attached hydrogens (tertiary/aromatic N) is 2. The highest BCUT2D eigenvalue weighted by atomic mass is 35.5. The predicted octanol–water partition coefficient (Wildman–Crippen LogP) is 3.25. The molecule has 2 N–H and O–H groups in total. The molecule has 0 aliphatic rings. The molecule has 1 aromatic carbocycles. The third-order valence-electron chi connectivity index (χ3n) is 3.75. The minimum absolute atomic E-state index is 0.163. The van der Waals surface area contributed by atoms with Crippen LogP contribution in [-0.4, -0.2) is 31.7 Å². The molecule has 0 fully saturated rings. The van der Waals surface area contributed by atoms with Crippen LogP contribution < -0.4 is 0 Å². The molecule has 0 amide bonds. The van der Waals surface area contributed by atoms with Crippen LogP contribution in [0.5, 0.6) is 0 Å². The molecule has 128 valence electrons. The second kappa shape index (κ2) is 7.97. The molecule has 0 saturated carbocycles. The fourth-order valence-corrected chi connectivity index (χ4v) is 2.83. The van der Waals surface area contributed by atoms with E-state index in [0.29, 0.717) is 23.5 Å². The van der Waals surface area contributed by atoms with Crippen molar-refractivity contribution in [3.63, 3.8) is 0 Å². The zero-order valence-electron chi connectivity index (χ0n) is 13.3. The van der Waals surface area contributed by atoms with Gasteiger partial charge in [0.15, 0.2) is 5.15 Å². The van der Waals surface area contributed by atoms with E-state index in [4.69, 9.17) is 16.7 Å². The van der Waals surface area contributed by atoms with Crippen LogP contribution in [-0.2, 0) is 24.2 Å². The van der Waals surface area contributed by atoms with Gasteiger partial charge in [0.25, 0.3) is 0 Å². The highest BCUT2D eigenvalue weighted by Crippen LogP contribution is 2.22. The van der Waals surface area contributed by atoms with E-state index in [2.05, 4.69) is 4.98 Å². The van der Waals surface area contributed by atoms with Gasteiger partial charge >= 0.3 is 11.9 Å². The number of unbranched alkanes of at least 4 members (excludes halogenated alkanes) is 1. The van der Waals surface area contributed by atoms with Crippen molar-refractivity contribution in [2.24, 2.45) is 0 Å². The monoisotopic (exact) mass is 350 g/mol. The summed E-state index contributed by atoms with van der Waals surface area (Å²) in [4.78, 5) is 26.8. The molecule has 0 radical (unpaired) electrons. The van der Waals surface area contributed by atoms with Gasteiger partial charge in [0.2, 0.25) is 0 Å². The van der Waals surface area contributed by atoms with Crippen molar-refractivity contribution in [3.8, 4) is 0 Å². The number of carbonyl (C=O) groups is 2. The van der Waals surface area contributed by atoms with Crippen molar-refractivity contribution in [1.29, 1.82) is 0 Å². The van der Waals surface area contributed by atoms with Crippen LogP contribution in [0.25, 0.3) is 0 Å². The Hall–Kier alpha value is -2.34. The lowest BCUT2D eigenvalue weighted by molar-refractivity contribution is -0.136. The molecule has 2 rings (SSSR count). The number of imidazole rings is 1. The summed E-state index contributed by atoms with van der Waals surface area (Å²) in [5, 5.41) is 18.6. The number of rotatable bonds is 8. The van der Waals surface area contributed by atoms with Gasteiger partial charge in [0.1, 0.15) is 5.82 Å². The quantitative estimate of drug-likeness (QED) is 0.762. The minimum Gasteiger partial charge on any atom is -0.481 e. The first-order valence-electron chi connectivity index (χ1n) is 7.70. The summed E-state index contributed by atoms with van der Waals surface area (Å²) in [7, 11) is 0. The van der Waals surface area contributed by atoms with Crippen molar-refractivity contribution in [1.82, 2.24) is 9.55 Å². The summed E-state index contributed by atoms with van der Waals surface area (Å²) in [5.74, 6) is -1.35. The molecule has 0 atom stereocenters. The van der Waals surface area contributed by atoms with Crippen LogP contribution in [0.1, 0.15) is 47.2 Å². The van der Waals surface area contributed by atoms with Gasteiger partial charge in [-0.1, -0.05) is 43.1 Å². The predicted molar refractivity (Wildman–Crippen MR) is 89.7 cm³/mol. The standard InChI is InChI=1S/C17H19ClN2O4/c1-2-3-8-14-19-16(18)13(9-15(21)22)20(14)10-11-6-4-5-7-12(11)17(23)24/h4-7H,2-3,8-10H2,1H3,(H,21,22)(H,23,24). The van der Waals surface area contributed by atoms with Crippen LogP contribution in [0.15, 0.2) is 24.3 Å². The Morgan fingerprint density at radius 1 is 1.25 bits per heavy atom. The maximum absolute atomic E-state index is 11.4. The maximum atomic E-state index is 11.4. The fraction of sp³-hybridized carbons (Fsp3) is 0.353. The Bertz CT molecular complexity index is 755. The molecule has 2 aromatic rings. The van der Waals surface area contributed by atoms with E-state index < -0.39 is 11.9 Å². The van der Waals surface area contributed by atoms with Gasteiger partial charge in [-0.25, -0.2) is 9.78 Å². The van der Waals surface area contributed by atoms with Crippen LogP contribution >= 0.6 is 11.6 Å². The van der Waals surface area contributed by atoms with E-state index in [0.717, 1.165) is 12.8 Å². The summed E-state index contributed by atoms with van der Waals surface area (Å²) in [6, 6.07) is 6.65. The van der Waals surface area contributed by atoms with Crippen molar-refractivity contribution in [3.05, 3.63) is 52.1 Å². The molecule has 0 bridgehead atoms. The summed E-state index contributed by atoms with van der Waals surface area (Å²) in [5.41, 5.74) is 1.17. The number of carboxylic acids is 2. The molecule has 24 heavy (non-hydrogen) atoms. The molecule has 0 spiro atoms. The summed E-state index contributed by atoms with van der Waals surface area (Å²) in [6.45, 7) is 2.27. The molecular formula is C17H19ClN2O4. The Balaban J connectivity index is 2.47. The van der Waals surface area contributed by atoms with Gasteiger partial charge < -0.3 is 14.8 Å². The van der Waals surface area contributed by atoms with E-state index in [1.807, 2.05) is 6.92 Å². The topological polar surface area (TPSA) is 92.4 Å². The Morgan fingerprint density at radius 3 is 2.58 bits per heavy atom. The lowest BCUT2D eigenvalue weighted by Crippen LogP contribution is -2.14. The van der Waals surface area contributed by atoms with Gasteiger partial charge in [-0.3, -0.25) is 4.79 Å². The van der Waals surface area contributed by atoms with Crippen LogP contribution in [0.4, 0.5) is 0 Å². The van der Waals surface area contributed by atoms with Gasteiger partial charge in [-0.15, -0.1) is 0 Å². The maximum Gasteiger partial charge on any atom is 0.336 e. The highest BCUT2D eigenvalue weighted by Gasteiger charge is 2.20. The first-order chi connectivity index (χ1) is 11.4. The number of halogens is 1. The largest absolute Gasteiger partial charge is 0.481 e. The summed E-state index contributed by atoms with van der Waals surface area (Å²) < 4.78 is 1.73. The first-order valence-corrected chi connectivity index (χ1v) is 8.08. The number of hydrogen-bond donors (Lipinski definition) is 2. The van der Waals surface area contributed by atoms with E-state index in [1.54, 1.807) is 22.8 Å². The molecular weight excluding hydrogens is 332 g/mol. The van der Waals surface area contributed by atoms with Gasteiger partial charge in [-0.2, -0.15) is 0 Å². The number of hydrogen-bond acceptors (Lipinski definition) is 3. The number of benzene rings is 1. The third kappa shape index (κ3) is 4.14. The average molecular weight is 351 g/mol. The third-order valence-corrected chi connectivity index (χ3v) is 4.05. The molecule has 1 heterocycles. The number of aromatic carboxylic acids is 1. The molecule has 6 nitrogen and oxygen atoms in total. The zero-order valence-corrected chi connectivity index (χ0v) is 14.1. The number of aliphatic carboxylic acids is 1. The summed E-state index contributed by atoms with van der Waals surface area (Å²) in [6.07, 6.45) is 2.25. The van der Waals surface area contributed by atoms with E-state index >= 15 is 0 Å². The van der Waals surface area contributed by atoms with Crippen molar-refractivity contribution in [2.45, 2.75) is 39.2 Å². The lowest BCUT2D eigenvalue weighted by Gasteiger charge is -2.13. The molecule has 0 saturated heterocycles. The lowest BCUT2D eigenvalue weighted by atomic mass is 10.1. The fourth-order valence-electron chi connectivity index (χ4n) is 2.57. The second-order valence-corrected chi connectivity index (χ2v) is 5.85. The average Bonchev–Trinajstić information content (AvgIpc) is 2.81. The molecule has 0 unspecified atom stereocenters. The molecule has 7 heteroatoms. The smallest absolute Gasteiger partial charge is 0.336 e. The Morgan fingerprint density at radius 2 is 1.96 bits per heavy atom. The van der Waals surface area contributed by atoms with Gasteiger partial charge in [0, 0.05) is 13.0 Å². The van der Waals surface area contributed by atoms with Gasteiger partial charge in [-0.05, 0) is 18.1 Å². The van der Waals surface area contributed by atoms with Crippen LogP contribution in [0, 0.1) is 0 Å². The highest BCUT2D eigenvalue weighted by molar-refractivity contribution is 6.30. The van der Waals surface area contributed by atoms with Gasteiger partial charge in [0.05, 0.1) is 17.7 Å². The normalized spacial score (nSPS) is 10.8. The SMILES string of the molecule is CCCCc1nc(Cl)c(CC(=O)O)n1Cc1ccccc1C(=O)O. The van der Waals surface area contributed by atoms with Crippen molar-refractivity contribution in [2.75, 3.05) is 0 Å². The Labute approximate surface area is 144 Å². The first kappa shape index (κ1) is 18.0. The molecule has 0 aliphatic carbocycles. The van der Waals surface area contributed by atoms with Crippen LogP contribution in [0.2, 0.25) is 5.15 Å². The molecule has 0 aliphatic heterocycles. The number of carboxylic acid groups (broad SMARTS) is 2. The van der Waals surface area contributed by atoms with E-state index in [9.17, 15) is 14.7 Å². The van der Waals surface area contributed by atoms with E-state index in [1.165, 1.54) is 6.07 Å². The van der Waals surface area contributed by atoms with Crippen LogP contribution in [0.3, 0.4) is 0 Å². The van der Waals surface area contributed by atoms with E-state index in [-0.39, 0.29) is 23.7 Å². The zero-order chi connectivity index (χ0) is 17.7. The molecule has 1 aromatic heterocycles. The van der Waals surface area contributed by atoms with Crippen molar-refractivity contribution >= 4 is 23.5 Å². The number of aryl methyl sites for hydroxylation is 1.